The number of carbonyl (C=O) groups excluding carboxylic acids is 1. The Morgan fingerprint density at radius 2 is 2.12 bits per heavy atom. The minimum atomic E-state index is -0.0105. The SMILES string of the molecule is Cc1csc(SCc2c(C(=O)N3CCNCC3)oc3ccccc23)n1.Cl. The molecular weight excluding hydrogens is 390 g/mol. The minimum absolute atomic E-state index is 0. The second-order valence-corrected chi connectivity index (χ2v) is 8.07. The van der Waals surface area contributed by atoms with E-state index in [-0.39, 0.29) is 18.3 Å². The predicted molar refractivity (Wildman–Crippen MR) is 109 cm³/mol. The fraction of sp³-hybridized carbons (Fsp3) is 0.333. The monoisotopic (exact) mass is 409 g/mol. The molecule has 0 bridgehead atoms. The molecule has 1 amide bonds. The van der Waals surface area contributed by atoms with E-state index >= 15 is 0 Å². The lowest BCUT2D eigenvalue weighted by molar-refractivity contribution is 0.0705. The Kier molecular flexibility index (Phi) is 6.24. The van der Waals surface area contributed by atoms with Crippen LogP contribution in [0.4, 0.5) is 0 Å². The zero-order chi connectivity index (χ0) is 17.2. The Hall–Kier alpha value is -1.54. The number of carbonyl (C=O) groups is 1. The number of furan rings is 1. The van der Waals surface area contributed by atoms with E-state index in [9.17, 15) is 4.79 Å². The average molecular weight is 410 g/mol. The summed E-state index contributed by atoms with van der Waals surface area (Å²) in [5.74, 6) is 1.14. The van der Waals surface area contributed by atoms with Crippen molar-refractivity contribution in [1.82, 2.24) is 15.2 Å². The number of piperazine rings is 1. The second kappa shape index (κ2) is 8.43. The van der Waals surface area contributed by atoms with E-state index in [4.69, 9.17) is 4.42 Å². The van der Waals surface area contributed by atoms with Gasteiger partial charge in [0.1, 0.15) is 9.92 Å². The lowest BCUT2D eigenvalue weighted by Crippen LogP contribution is -2.46. The van der Waals surface area contributed by atoms with Crippen LogP contribution in [0, 0.1) is 6.92 Å². The lowest BCUT2D eigenvalue weighted by Gasteiger charge is -2.26. The highest BCUT2D eigenvalue weighted by Crippen LogP contribution is 2.33. The normalized spacial score (nSPS) is 14.4. The molecule has 1 saturated heterocycles. The predicted octanol–water partition coefficient (Wildman–Crippen LogP) is 3.96. The molecule has 1 aromatic carbocycles. The van der Waals surface area contributed by atoms with Crippen LogP contribution in [0.1, 0.15) is 21.8 Å². The summed E-state index contributed by atoms with van der Waals surface area (Å²) >= 11 is 3.29. The van der Waals surface area contributed by atoms with Crippen LogP contribution in [-0.4, -0.2) is 42.0 Å². The summed E-state index contributed by atoms with van der Waals surface area (Å²) in [4.78, 5) is 19.4. The Morgan fingerprint density at radius 3 is 2.85 bits per heavy atom. The Balaban J connectivity index is 0.00000196. The number of hydrogen-bond acceptors (Lipinski definition) is 6. The zero-order valence-corrected chi connectivity index (χ0v) is 16.8. The molecule has 1 aliphatic rings. The van der Waals surface area contributed by atoms with Crippen LogP contribution < -0.4 is 5.32 Å². The number of thioether (sulfide) groups is 1. The van der Waals surface area contributed by atoms with Gasteiger partial charge in [0.15, 0.2) is 5.76 Å². The maximum atomic E-state index is 13.0. The van der Waals surface area contributed by atoms with Crippen LogP contribution >= 0.6 is 35.5 Å². The molecule has 0 atom stereocenters. The van der Waals surface area contributed by atoms with Gasteiger partial charge in [-0.3, -0.25) is 4.79 Å². The number of fused-ring (bicyclic) bond motifs is 1. The van der Waals surface area contributed by atoms with Gasteiger partial charge < -0.3 is 14.6 Å². The van der Waals surface area contributed by atoms with Crippen LogP contribution in [0.25, 0.3) is 11.0 Å². The van der Waals surface area contributed by atoms with E-state index in [1.165, 1.54) is 0 Å². The van der Waals surface area contributed by atoms with Gasteiger partial charge >= 0.3 is 0 Å². The van der Waals surface area contributed by atoms with Crippen molar-refractivity contribution in [3.8, 4) is 0 Å². The number of aromatic nitrogens is 1. The van der Waals surface area contributed by atoms with Crippen molar-refractivity contribution < 1.29 is 9.21 Å². The van der Waals surface area contributed by atoms with Crippen LogP contribution in [0.3, 0.4) is 0 Å². The van der Waals surface area contributed by atoms with E-state index < -0.39 is 0 Å². The quantitative estimate of drug-likeness (QED) is 0.661. The summed E-state index contributed by atoms with van der Waals surface area (Å²) < 4.78 is 6.98. The van der Waals surface area contributed by atoms with Crippen LogP contribution in [0.2, 0.25) is 0 Å². The molecule has 0 saturated carbocycles. The smallest absolute Gasteiger partial charge is 0.290 e. The van der Waals surface area contributed by atoms with Gasteiger partial charge in [-0.1, -0.05) is 30.0 Å². The van der Waals surface area contributed by atoms with Crippen molar-refractivity contribution in [2.75, 3.05) is 26.2 Å². The molecule has 138 valence electrons. The third-order valence-corrected chi connectivity index (χ3v) is 6.40. The molecule has 0 unspecified atom stereocenters. The Bertz CT molecular complexity index is 903. The highest BCUT2D eigenvalue weighted by molar-refractivity contribution is 8.00. The number of para-hydroxylation sites is 1. The molecule has 5 nitrogen and oxygen atoms in total. The first-order valence-electron chi connectivity index (χ1n) is 8.27. The molecule has 3 heterocycles. The van der Waals surface area contributed by atoms with Crippen LogP contribution in [0.15, 0.2) is 38.4 Å². The number of nitrogens with zero attached hydrogens (tertiary/aromatic N) is 2. The van der Waals surface area contributed by atoms with Gasteiger partial charge in [-0.05, 0) is 13.0 Å². The van der Waals surface area contributed by atoms with Crippen molar-refractivity contribution >= 4 is 52.4 Å². The van der Waals surface area contributed by atoms with Crippen molar-refractivity contribution in [2.45, 2.75) is 17.0 Å². The molecule has 8 heteroatoms. The Labute approximate surface area is 166 Å². The largest absolute Gasteiger partial charge is 0.451 e. The van der Waals surface area contributed by atoms with Gasteiger partial charge in [0.2, 0.25) is 0 Å². The summed E-state index contributed by atoms with van der Waals surface area (Å²) in [6.45, 7) is 5.08. The highest BCUT2D eigenvalue weighted by Gasteiger charge is 2.26. The average Bonchev–Trinajstić information content (AvgIpc) is 3.23. The van der Waals surface area contributed by atoms with Crippen molar-refractivity contribution in [2.24, 2.45) is 0 Å². The molecular formula is C18H20ClN3O2S2. The fourth-order valence-electron chi connectivity index (χ4n) is 2.96. The maximum Gasteiger partial charge on any atom is 0.290 e. The van der Waals surface area contributed by atoms with Crippen molar-refractivity contribution in [1.29, 1.82) is 0 Å². The number of amides is 1. The van der Waals surface area contributed by atoms with E-state index in [0.29, 0.717) is 24.6 Å². The molecule has 3 aromatic rings. The van der Waals surface area contributed by atoms with E-state index in [2.05, 4.69) is 10.3 Å². The molecule has 0 radical (unpaired) electrons. The third kappa shape index (κ3) is 3.91. The fourth-order valence-corrected chi connectivity index (χ4v) is 4.84. The zero-order valence-electron chi connectivity index (χ0n) is 14.4. The number of rotatable bonds is 4. The summed E-state index contributed by atoms with van der Waals surface area (Å²) in [5.41, 5.74) is 2.77. The van der Waals surface area contributed by atoms with Gasteiger partial charge in [-0.2, -0.15) is 0 Å². The maximum absolute atomic E-state index is 13.0. The summed E-state index contributed by atoms with van der Waals surface area (Å²) in [7, 11) is 0. The van der Waals surface area contributed by atoms with Gasteiger partial charge in [0.25, 0.3) is 5.91 Å². The molecule has 2 aromatic heterocycles. The number of halogens is 1. The molecule has 1 N–H and O–H groups in total. The summed E-state index contributed by atoms with van der Waals surface area (Å²) in [6, 6.07) is 7.87. The van der Waals surface area contributed by atoms with E-state index in [1.807, 2.05) is 41.5 Å². The first-order valence-corrected chi connectivity index (χ1v) is 10.1. The Morgan fingerprint density at radius 1 is 1.35 bits per heavy atom. The second-order valence-electron chi connectivity index (χ2n) is 5.99. The van der Waals surface area contributed by atoms with Gasteiger partial charge in [0, 0.05) is 54.0 Å². The number of aryl methyl sites for hydroxylation is 1. The number of nitrogens with one attached hydrogen (secondary N) is 1. The number of thiazole rings is 1. The third-order valence-electron chi connectivity index (χ3n) is 4.23. The topological polar surface area (TPSA) is 58.4 Å². The minimum Gasteiger partial charge on any atom is -0.451 e. The van der Waals surface area contributed by atoms with Gasteiger partial charge in [-0.25, -0.2) is 4.98 Å². The molecule has 4 rings (SSSR count). The lowest BCUT2D eigenvalue weighted by atomic mass is 10.1. The first-order chi connectivity index (χ1) is 12.2. The van der Waals surface area contributed by atoms with E-state index in [0.717, 1.165) is 39.7 Å². The highest BCUT2D eigenvalue weighted by atomic mass is 35.5. The molecule has 0 aliphatic carbocycles. The van der Waals surface area contributed by atoms with E-state index in [1.54, 1.807) is 23.1 Å². The summed E-state index contributed by atoms with van der Waals surface area (Å²) in [6.07, 6.45) is 0. The van der Waals surface area contributed by atoms with Crippen LogP contribution in [-0.2, 0) is 5.75 Å². The number of benzene rings is 1. The molecule has 26 heavy (non-hydrogen) atoms. The number of hydrogen-bond donors (Lipinski definition) is 1. The van der Waals surface area contributed by atoms with Crippen molar-refractivity contribution in [3.63, 3.8) is 0 Å². The van der Waals surface area contributed by atoms with Crippen LogP contribution in [0.5, 0.6) is 0 Å². The first kappa shape index (κ1) is 19.2. The van der Waals surface area contributed by atoms with Crippen molar-refractivity contribution in [3.05, 3.63) is 46.7 Å². The molecule has 1 fully saturated rings. The standard InChI is InChI=1S/C18H19N3O2S2.ClH/c1-12-10-24-18(20-12)25-11-14-13-4-2-3-5-15(13)23-16(14)17(22)21-8-6-19-7-9-21;/h2-5,10,19H,6-9,11H2,1H3;1H. The van der Waals surface area contributed by atoms with Gasteiger partial charge in [0.05, 0.1) is 0 Å². The summed E-state index contributed by atoms with van der Waals surface area (Å²) in [5, 5.41) is 6.34. The molecule has 1 aliphatic heterocycles. The van der Waals surface area contributed by atoms with Gasteiger partial charge in [-0.15, -0.1) is 23.7 Å². The molecule has 0 spiro atoms.